The Morgan fingerprint density at radius 3 is 2.13 bits per heavy atom. The van der Waals surface area contributed by atoms with Crippen LogP contribution in [0.15, 0.2) is 59.6 Å². The molecule has 1 aliphatic carbocycles. The van der Waals surface area contributed by atoms with Gasteiger partial charge in [-0.1, -0.05) is 68.1 Å². The zero-order valence-electron chi connectivity index (χ0n) is 17.9. The van der Waals surface area contributed by atoms with Crippen LogP contribution in [0.4, 0.5) is 8.78 Å². The van der Waals surface area contributed by atoms with Gasteiger partial charge in [-0.2, -0.15) is 0 Å². The molecule has 0 spiro atoms. The van der Waals surface area contributed by atoms with Gasteiger partial charge in [0.2, 0.25) is 0 Å². The number of ether oxygens (including phenoxy) is 1. The van der Waals surface area contributed by atoms with E-state index in [1.807, 2.05) is 0 Å². The van der Waals surface area contributed by atoms with E-state index in [4.69, 9.17) is 4.74 Å². The first-order chi connectivity index (χ1) is 15.1. The molecule has 31 heavy (non-hydrogen) atoms. The Kier molecular flexibility index (Phi) is 7.17. The average Bonchev–Trinajstić information content (AvgIpc) is 3.22. The number of alkyl halides is 1. The first-order valence-electron chi connectivity index (χ1n) is 11.3. The summed E-state index contributed by atoms with van der Waals surface area (Å²) in [6.07, 6.45) is 6.57. The summed E-state index contributed by atoms with van der Waals surface area (Å²) in [7, 11) is 0. The number of benzene rings is 2. The third-order valence-electron chi connectivity index (χ3n) is 6.19. The van der Waals surface area contributed by atoms with E-state index in [1.165, 1.54) is 48.9 Å². The number of hydrogen-bond donors (Lipinski definition) is 1. The standard InChI is InChI=1S/C15H18FN3O.C6H5F.C4H8/c16-15(9-17-10-15)13-7-18-14(20-13)19-6-5-11-3-1-2-4-12(11)8-19;7-6-4-2-1-3-5-6;1-2-4-3-1/h1-4,13,17H,5-10H2;1-5H;1-4H2. The Labute approximate surface area is 183 Å². The lowest BCUT2D eigenvalue weighted by molar-refractivity contribution is -0.0277. The second-order valence-electron chi connectivity index (χ2n) is 8.52. The third kappa shape index (κ3) is 5.62. The van der Waals surface area contributed by atoms with Crippen molar-refractivity contribution < 1.29 is 13.5 Å². The fourth-order valence-corrected chi connectivity index (χ4v) is 3.72. The monoisotopic (exact) mass is 427 g/mol. The second kappa shape index (κ2) is 10.2. The Bertz CT molecular complexity index is 862. The van der Waals surface area contributed by atoms with Crippen molar-refractivity contribution in [1.29, 1.82) is 0 Å². The van der Waals surface area contributed by atoms with Crippen molar-refractivity contribution in [2.75, 3.05) is 26.2 Å². The Morgan fingerprint density at radius 2 is 1.58 bits per heavy atom. The van der Waals surface area contributed by atoms with Gasteiger partial charge < -0.3 is 15.0 Å². The highest BCUT2D eigenvalue weighted by atomic mass is 19.1. The van der Waals surface area contributed by atoms with Gasteiger partial charge >= 0.3 is 0 Å². The zero-order chi connectivity index (χ0) is 21.5. The van der Waals surface area contributed by atoms with Crippen molar-refractivity contribution in [3.8, 4) is 0 Å². The number of halogens is 2. The molecule has 3 aliphatic heterocycles. The fraction of sp³-hybridized carbons (Fsp3) is 0.480. The van der Waals surface area contributed by atoms with Gasteiger partial charge in [0.15, 0.2) is 11.8 Å². The number of rotatable bonds is 1. The van der Waals surface area contributed by atoms with Crippen LogP contribution in [0.1, 0.15) is 36.8 Å². The number of nitrogens with one attached hydrogen (secondary N) is 1. The minimum atomic E-state index is -1.24. The number of fused-ring (bicyclic) bond motifs is 1. The van der Waals surface area contributed by atoms with E-state index in [1.54, 1.807) is 18.2 Å². The van der Waals surface area contributed by atoms with Crippen molar-refractivity contribution in [2.45, 2.75) is 50.4 Å². The minimum absolute atomic E-state index is 0.178. The molecular formula is C25H31F2N3O. The lowest BCUT2D eigenvalue weighted by atomic mass is 9.92. The number of nitrogens with zero attached hydrogens (tertiary/aromatic N) is 2. The van der Waals surface area contributed by atoms with Crippen molar-refractivity contribution >= 4 is 6.02 Å². The summed E-state index contributed by atoms with van der Waals surface area (Å²) < 4.78 is 32.0. The molecule has 3 heterocycles. The summed E-state index contributed by atoms with van der Waals surface area (Å²) in [6, 6.07) is 17.0. The minimum Gasteiger partial charge on any atom is -0.456 e. The van der Waals surface area contributed by atoms with Gasteiger partial charge in [-0.05, 0) is 29.7 Å². The van der Waals surface area contributed by atoms with Crippen molar-refractivity contribution in [3.05, 3.63) is 71.5 Å². The fourth-order valence-electron chi connectivity index (χ4n) is 3.72. The van der Waals surface area contributed by atoms with Crippen LogP contribution in [0, 0.1) is 5.82 Å². The summed E-state index contributed by atoms with van der Waals surface area (Å²) in [5, 5.41) is 2.97. The summed E-state index contributed by atoms with van der Waals surface area (Å²) in [5.74, 6) is -0.178. The highest BCUT2D eigenvalue weighted by molar-refractivity contribution is 5.76. The molecule has 6 heteroatoms. The molecule has 1 unspecified atom stereocenters. The van der Waals surface area contributed by atoms with E-state index < -0.39 is 11.8 Å². The predicted octanol–water partition coefficient (Wildman–Crippen LogP) is 4.50. The van der Waals surface area contributed by atoms with E-state index in [0.29, 0.717) is 25.7 Å². The lowest BCUT2D eigenvalue weighted by Gasteiger charge is -2.39. The molecule has 4 aliphatic rings. The Hall–Kier alpha value is -2.47. The van der Waals surface area contributed by atoms with Crippen molar-refractivity contribution in [2.24, 2.45) is 4.99 Å². The van der Waals surface area contributed by atoms with Gasteiger partial charge in [-0.25, -0.2) is 13.8 Å². The van der Waals surface area contributed by atoms with Crippen molar-refractivity contribution in [1.82, 2.24) is 10.2 Å². The maximum Gasteiger partial charge on any atom is 0.288 e. The first-order valence-corrected chi connectivity index (χ1v) is 11.3. The molecule has 1 saturated carbocycles. The molecule has 6 rings (SSSR count). The summed E-state index contributed by atoms with van der Waals surface area (Å²) in [5.41, 5.74) is 1.47. The van der Waals surface area contributed by atoms with Gasteiger partial charge in [-0.15, -0.1) is 0 Å². The van der Waals surface area contributed by atoms with Crippen LogP contribution < -0.4 is 5.32 Å². The molecule has 1 N–H and O–H groups in total. The van der Waals surface area contributed by atoms with E-state index in [9.17, 15) is 8.78 Å². The summed E-state index contributed by atoms with van der Waals surface area (Å²) in [4.78, 5) is 6.54. The number of aliphatic imine (C=N–C) groups is 1. The molecule has 166 valence electrons. The van der Waals surface area contributed by atoms with E-state index in [0.717, 1.165) is 19.5 Å². The number of hydrogen-bond acceptors (Lipinski definition) is 4. The maximum atomic E-state index is 14.3. The summed E-state index contributed by atoms with van der Waals surface area (Å²) in [6.45, 7) is 2.89. The SMILES string of the molecule is C1CCC1.FC1(C2CN=C(N3CCc4ccccc4C3)O2)CNC1.Fc1ccccc1. The molecule has 2 aromatic carbocycles. The molecule has 0 amide bonds. The van der Waals surface area contributed by atoms with Crippen molar-refractivity contribution in [3.63, 3.8) is 0 Å². The second-order valence-corrected chi connectivity index (χ2v) is 8.52. The van der Waals surface area contributed by atoms with Gasteiger partial charge in [0, 0.05) is 26.2 Å². The van der Waals surface area contributed by atoms with Gasteiger partial charge in [0.25, 0.3) is 6.02 Å². The Morgan fingerprint density at radius 1 is 0.935 bits per heavy atom. The molecule has 2 fully saturated rings. The van der Waals surface area contributed by atoms with Crippen LogP contribution in [0.2, 0.25) is 0 Å². The highest BCUT2D eigenvalue weighted by Gasteiger charge is 2.49. The van der Waals surface area contributed by atoms with Gasteiger partial charge in [0.05, 0.1) is 6.54 Å². The highest BCUT2D eigenvalue weighted by Crippen LogP contribution is 2.29. The quantitative estimate of drug-likeness (QED) is 0.728. The molecule has 1 atom stereocenters. The van der Waals surface area contributed by atoms with Crippen LogP contribution in [0.3, 0.4) is 0 Å². The van der Waals surface area contributed by atoms with E-state index in [-0.39, 0.29) is 5.82 Å². The van der Waals surface area contributed by atoms with E-state index >= 15 is 0 Å². The topological polar surface area (TPSA) is 36.9 Å². The van der Waals surface area contributed by atoms with E-state index in [2.05, 4.69) is 39.5 Å². The summed E-state index contributed by atoms with van der Waals surface area (Å²) >= 11 is 0. The third-order valence-corrected chi connectivity index (χ3v) is 6.19. The molecule has 0 radical (unpaired) electrons. The van der Waals surface area contributed by atoms with Gasteiger partial charge in [-0.3, -0.25) is 0 Å². The smallest absolute Gasteiger partial charge is 0.288 e. The van der Waals surface area contributed by atoms with Crippen LogP contribution in [-0.4, -0.2) is 48.9 Å². The molecular weight excluding hydrogens is 396 g/mol. The first kappa shape index (κ1) is 21.8. The molecule has 2 aromatic rings. The maximum absolute atomic E-state index is 14.3. The molecule has 0 aromatic heterocycles. The molecule has 4 nitrogen and oxygen atoms in total. The van der Waals surface area contributed by atoms with Gasteiger partial charge in [0.1, 0.15) is 5.82 Å². The predicted molar refractivity (Wildman–Crippen MR) is 119 cm³/mol. The molecule has 0 bridgehead atoms. The van der Waals surface area contributed by atoms with Crippen LogP contribution >= 0.6 is 0 Å². The van der Waals surface area contributed by atoms with Crippen LogP contribution in [0.5, 0.6) is 0 Å². The zero-order valence-corrected chi connectivity index (χ0v) is 17.9. The van der Waals surface area contributed by atoms with Crippen LogP contribution in [-0.2, 0) is 17.7 Å². The average molecular weight is 428 g/mol. The molecule has 1 saturated heterocycles. The Balaban J connectivity index is 0.000000172. The van der Waals surface area contributed by atoms with Crippen LogP contribution in [0.25, 0.3) is 0 Å². The lowest BCUT2D eigenvalue weighted by Crippen LogP contribution is -2.64. The number of amidine groups is 1. The normalized spacial score (nSPS) is 22.7. The largest absolute Gasteiger partial charge is 0.456 e.